The van der Waals surface area contributed by atoms with Gasteiger partial charge in [0.2, 0.25) is 5.91 Å². The molecule has 0 radical (unpaired) electrons. The molecule has 2 aliphatic carbocycles. The zero-order valence-electron chi connectivity index (χ0n) is 18.0. The summed E-state index contributed by atoms with van der Waals surface area (Å²) in [4.78, 5) is 26.5. The summed E-state index contributed by atoms with van der Waals surface area (Å²) in [6.45, 7) is 3.57. The number of guanidine groups is 1. The Kier molecular flexibility index (Phi) is 6.24. The van der Waals surface area contributed by atoms with Crippen LogP contribution in [0.4, 0.5) is 0 Å². The number of carboxylic acid groups (broad SMARTS) is 1. The number of aliphatic hydroxyl groups is 1. The van der Waals surface area contributed by atoms with Gasteiger partial charge in [-0.15, -0.1) is 11.8 Å². The molecule has 0 bridgehead atoms. The molecule has 31 heavy (non-hydrogen) atoms. The largest absolute Gasteiger partial charge is 0.477 e. The summed E-state index contributed by atoms with van der Waals surface area (Å²) in [6.07, 6.45) is 5.33. The molecule has 4 aliphatic rings. The maximum atomic E-state index is 12.4. The Morgan fingerprint density at radius 2 is 1.84 bits per heavy atom. The van der Waals surface area contributed by atoms with Gasteiger partial charge in [-0.2, -0.15) is 0 Å². The first kappa shape index (κ1) is 22.4. The minimum absolute atomic E-state index is 0.0395. The van der Waals surface area contributed by atoms with Crippen LogP contribution in [0, 0.1) is 17.2 Å². The molecule has 2 saturated carbocycles. The van der Waals surface area contributed by atoms with Gasteiger partial charge in [0.1, 0.15) is 5.70 Å². The van der Waals surface area contributed by atoms with Crippen LogP contribution in [0.2, 0.25) is 0 Å². The summed E-state index contributed by atoms with van der Waals surface area (Å²) in [5, 5.41) is 34.1. The summed E-state index contributed by atoms with van der Waals surface area (Å²) < 4.78 is 0. The van der Waals surface area contributed by atoms with Gasteiger partial charge in [-0.3, -0.25) is 10.2 Å². The number of rotatable bonds is 7. The molecular weight excluding hydrogens is 418 g/mol. The number of amides is 1. The molecule has 4 rings (SSSR count). The molecule has 4 atom stereocenters. The summed E-state index contributed by atoms with van der Waals surface area (Å²) in [6, 6.07) is 0.971. The number of hydrogen-bond donors (Lipinski definition) is 6. The second-order valence-electron chi connectivity index (χ2n) is 9.45. The molecule has 0 unspecified atom stereocenters. The molecule has 9 nitrogen and oxygen atoms in total. The fourth-order valence-corrected chi connectivity index (χ4v) is 7.28. The minimum atomic E-state index is -1.06. The average Bonchev–Trinajstić information content (AvgIpc) is 2.89. The Labute approximate surface area is 186 Å². The number of aliphatic hydroxyl groups excluding tert-OH is 1. The first-order chi connectivity index (χ1) is 14.7. The summed E-state index contributed by atoms with van der Waals surface area (Å²) in [7, 11) is 0. The van der Waals surface area contributed by atoms with E-state index in [9.17, 15) is 19.8 Å². The zero-order chi connectivity index (χ0) is 22.4. The van der Waals surface area contributed by atoms with Crippen molar-refractivity contribution in [3.63, 3.8) is 0 Å². The molecule has 2 aliphatic heterocycles. The van der Waals surface area contributed by atoms with Crippen LogP contribution in [-0.4, -0.2) is 68.5 Å². The van der Waals surface area contributed by atoms with E-state index in [2.05, 4.69) is 10.6 Å². The monoisotopic (exact) mass is 451 g/mol. The van der Waals surface area contributed by atoms with Gasteiger partial charge in [0.25, 0.3) is 0 Å². The van der Waals surface area contributed by atoms with Crippen LogP contribution in [0.1, 0.15) is 52.4 Å². The second-order valence-corrected chi connectivity index (χ2v) is 10.8. The van der Waals surface area contributed by atoms with Crippen LogP contribution >= 0.6 is 11.8 Å². The van der Waals surface area contributed by atoms with Gasteiger partial charge < -0.3 is 31.5 Å². The van der Waals surface area contributed by atoms with Crippen LogP contribution in [0.25, 0.3) is 0 Å². The number of β-lactam (4-membered cyclic amide) rings is 1. The third-order valence-corrected chi connectivity index (χ3v) is 8.80. The molecule has 1 saturated heterocycles. The van der Waals surface area contributed by atoms with Crippen molar-refractivity contribution >= 4 is 29.6 Å². The number of carbonyl (C=O) groups is 2. The van der Waals surface area contributed by atoms with E-state index in [-0.39, 0.29) is 29.5 Å². The molecule has 1 amide bonds. The van der Waals surface area contributed by atoms with Crippen LogP contribution < -0.4 is 16.4 Å². The Bertz CT molecular complexity index is 789. The van der Waals surface area contributed by atoms with Gasteiger partial charge in [0.15, 0.2) is 5.96 Å². The van der Waals surface area contributed by atoms with Crippen molar-refractivity contribution in [2.75, 3.05) is 0 Å². The van der Waals surface area contributed by atoms with Crippen LogP contribution in [0.15, 0.2) is 10.6 Å². The van der Waals surface area contributed by atoms with E-state index in [1.807, 2.05) is 6.92 Å². The van der Waals surface area contributed by atoms with E-state index >= 15 is 0 Å². The van der Waals surface area contributed by atoms with Gasteiger partial charge in [-0.25, -0.2) is 4.79 Å². The van der Waals surface area contributed by atoms with Crippen molar-refractivity contribution in [1.82, 2.24) is 15.5 Å². The van der Waals surface area contributed by atoms with Gasteiger partial charge in [-0.05, 0) is 45.4 Å². The van der Waals surface area contributed by atoms with E-state index in [1.54, 1.807) is 18.7 Å². The number of nitrogens with two attached hydrogens (primary N) is 1. The Morgan fingerprint density at radius 1 is 1.23 bits per heavy atom. The molecule has 7 N–H and O–H groups in total. The van der Waals surface area contributed by atoms with Crippen molar-refractivity contribution in [2.45, 2.75) is 87.9 Å². The molecule has 10 heteroatoms. The maximum absolute atomic E-state index is 12.4. The van der Waals surface area contributed by atoms with Crippen LogP contribution in [0.3, 0.4) is 0 Å². The zero-order valence-corrected chi connectivity index (χ0v) is 18.8. The Hall–Kier alpha value is -1.78. The predicted octanol–water partition coefficient (Wildman–Crippen LogP) is 0.788. The highest BCUT2D eigenvalue weighted by molar-refractivity contribution is 8.03. The SMILES string of the molecule is C[C@@H](O)[C@H]1C(=O)N2C(C(=O)O)=C(S[C@H]3C[C@H](N[C@H]4CC[C@@H](NC(=N)N)CC4)C3)[C@H](C)[C@H]12. The van der Waals surface area contributed by atoms with E-state index < -0.39 is 18.0 Å². The van der Waals surface area contributed by atoms with Gasteiger partial charge >= 0.3 is 5.97 Å². The lowest BCUT2D eigenvalue weighted by Crippen LogP contribution is -2.63. The van der Waals surface area contributed by atoms with E-state index in [0.29, 0.717) is 23.4 Å². The number of nitrogens with zero attached hydrogens (tertiary/aromatic N) is 1. The van der Waals surface area contributed by atoms with Crippen molar-refractivity contribution < 1.29 is 19.8 Å². The normalized spacial score (nSPS) is 38.2. The van der Waals surface area contributed by atoms with Gasteiger partial charge in [0.05, 0.1) is 18.1 Å². The summed E-state index contributed by atoms with van der Waals surface area (Å²) in [5.74, 6) is -1.87. The number of hydrogen-bond acceptors (Lipinski definition) is 6. The highest BCUT2D eigenvalue weighted by atomic mass is 32.2. The molecule has 0 spiro atoms. The van der Waals surface area contributed by atoms with Crippen molar-refractivity contribution in [3.8, 4) is 0 Å². The fourth-order valence-electron chi connectivity index (χ4n) is 5.61. The van der Waals surface area contributed by atoms with Crippen molar-refractivity contribution in [2.24, 2.45) is 17.6 Å². The Morgan fingerprint density at radius 3 is 2.39 bits per heavy atom. The Balaban J connectivity index is 1.29. The summed E-state index contributed by atoms with van der Waals surface area (Å²) >= 11 is 1.61. The van der Waals surface area contributed by atoms with E-state index in [0.717, 1.165) is 43.4 Å². The molecule has 3 fully saturated rings. The number of carbonyl (C=O) groups excluding carboxylic acids is 1. The third kappa shape index (κ3) is 4.17. The topological polar surface area (TPSA) is 152 Å². The smallest absolute Gasteiger partial charge is 0.353 e. The minimum Gasteiger partial charge on any atom is -0.477 e. The molecule has 0 aromatic rings. The van der Waals surface area contributed by atoms with E-state index in [4.69, 9.17) is 11.1 Å². The average molecular weight is 452 g/mol. The first-order valence-electron chi connectivity index (χ1n) is 11.2. The van der Waals surface area contributed by atoms with Crippen LogP contribution in [0.5, 0.6) is 0 Å². The number of carboxylic acids is 1. The second kappa shape index (κ2) is 8.63. The predicted molar refractivity (Wildman–Crippen MR) is 118 cm³/mol. The fraction of sp³-hybridized carbons (Fsp3) is 0.762. The third-order valence-electron chi connectivity index (χ3n) is 7.26. The highest BCUT2D eigenvalue weighted by Crippen LogP contribution is 2.53. The standard InChI is InChI=1S/C21H33N5O4S/c1-9-16-15(10(2)27)19(28)26(16)17(20(29)30)18(9)31-14-7-13(8-14)24-11-3-5-12(6-4-11)25-21(22)23/h9-16,24,27H,3-8H2,1-2H3,(H,29,30)(H4,22,23,25)/t9-,10-,11-,12+,13-,14-,15-,16-/m1/s1. The quantitative estimate of drug-likeness (QED) is 0.189. The first-order valence-corrected chi connectivity index (χ1v) is 12.1. The van der Waals surface area contributed by atoms with E-state index in [1.165, 1.54) is 4.90 Å². The molecule has 172 valence electrons. The number of aliphatic carboxylic acids is 1. The molecule has 0 aromatic heterocycles. The number of fused-ring (bicyclic) bond motifs is 1. The van der Waals surface area contributed by atoms with Gasteiger partial charge in [0, 0.05) is 34.2 Å². The van der Waals surface area contributed by atoms with Crippen molar-refractivity contribution in [3.05, 3.63) is 10.6 Å². The number of thioether (sulfide) groups is 1. The van der Waals surface area contributed by atoms with Crippen LogP contribution in [-0.2, 0) is 9.59 Å². The number of nitrogens with one attached hydrogen (secondary N) is 3. The molecule has 2 heterocycles. The molecule has 0 aromatic carbocycles. The lowest BCUT2D eigenvalue weighted by atomic mass is 9.79. The van der Waals surface area contributed by atoms with Crippen molar-refractivity contribution in [1.29, 1.82) is 5.41 Å². The highest BCUT2D eigenvalue weighted by Gasteiger charge is 2.60. The molecular formula is C21H33N5O4S. The lowest BCUT2D eigenvalue weighted by molar-refractivity contribution is -0.163. The summed E-state index contributed by atoms with van der Waals surface area (Å²) in [5.41, 5.74) is 5.54. The maximum Gasteiger partial charge on any atom is 0.353 e. The lowest BCUT2D eigenvalue weighted by Gasteiger charge is -2.46. The van der Waals surface area contributed by atoms with Gasteiger partial charge in [-0.1, -0.05) is 6.92 Å².